The molecule has 1 aliphatic rings. The highest BCUT2D eigenvalue weighted by Crippen LogP contribution is 2.37. The van der Waals surface area contributed by atoms with Crippen molar-refractivity contribution in [2.24, 2.45) is 17.6 Å². The number of benzene rings is 1. The van der Waals surface area contributed by atoms with Crippen LogP contribution >= 0.6 is 0 Å². The van der Waals surface area contributed by atoms with Gasteiger partial charge in [-0.1, -0.05) is 12.1 Å². The number of fused-ring (bicyclic) bond motifs is 1. The number of rotatable bonds is 9. The molecule has 1 aliphatic carbocycles. The predicted molar refractivity (Wildman–Crippen MR) is 94.9 cm³/mol. The molecular weight excluding hydrogens is 354 g/mol. The number of nitrogens with two attached hydrogens (primary N) is 1. The summed E-state index contributed by atoms with van der Waals surface area (Å²) >= 11 is 0. The van der Waals surface area contributed by atoms with Crippen molar-refractivity contribution in [2.75, 3.05) is 13.2 Å². The Kier molecular flexibility index (Phi) is 6.69. The molecule has 0 saturated carbocycles. The molecule has 0 spiro atoms. The van der Waals surface area contributed by atoms with Crippen LogP contribution in [0.1, 0.15) is 41.6 Å². The van der Waals surface area contributed by atoms with Gasteiger partial charge in [-0.3, -0.25) is 14.4 Å². The Morgan fingerprint density at radius 3 is 2.56 bits per heavy atom. The first kappa shape index (κ1) is 21.0. The molecule has 8 heteroatoms. The Morgan fingerprint density at radius 1 is 1.26 bits per heavy atom. The van der Waals surface area contributed by atoms with Crippen LogP contribution in [0.5, 0.6) is 5.75 Å². The molecule has 148 valence electrons. The fourth-order valence-corrected chi connectivity index (χ4v) is 3.86. The third-order valence-electron chi connectivity index (χ3n) is 5.22. The van der Waals surface area contributed by atoms with Crippen molar-refractivity contribution in [1.82, 2.24) is 0 Å². The van der Waals surface area contributed by atoms with Gasteiger partial charge >= 0.3 is 0 Å². The van der Waals surface area contributed by atoms with Gasteiger partial charge in [0.05, 0.1) is 18.6 Å². The zero-order chi connectivity index (χ0) is 20.2. The minimum absolute atomic E-state index is 0.0130. The quantitative estimate of drug-likeness (QED) is 0.368. The van der Waals surface area contributed by atoms with Crippen LogP contribution in [0.3, 0.4) is 0 Å². The molecule has 2 rings (SSSR count). The molecule has 0 heterocycles. The van der Waals surface area contributed by atoms with Crippen LogP contribution in [0, 0.1) is 11.8 Å². The van der Waals surface area contributed by atoms with Crippen molar-refractivity contribution in [1.29, 1.82) is 0 Å². The van der Waals surface area contributed by atoms with Gasteiger partial charge in [-0.2, -0.15) is 0 Å². The standard InChI is InChI=1S/C19H25NO7/c20-17(26)9-16(25)19(27,10-22)13(4-5-21)7-11-6-12-2-1-3-14(23)18(12)15(24)8-11/h1-3,11,13,21-23,27H,4-10H2,(H2,20,26)/t11?,13?,19-/m1/s1. The first-order valence-electron chi connectivity index (χ1n) is 8.82. The van der Waals surface area contributed by atoms with Crippen LogP contribution in [0.15, 0.2) is 18.2 Å². The van der Waals surface area contributed by atoms with Crippen molar-refractivity contribution in [3.8, 4) is 5.75 Å². The number of phenolic OH excluding ortho intramolecular Hbond substituents is 1. The summed E-state index contributed by atoms with van der Waals surface area (Å²) in [6.45, 7) is -1.25. The minimum Gasteiger partial charge on any atom is -0.507 e. The molecule has 1 aromatic carbocycles. The number of carbonyl (C=O) groups is 3. The summed E-state index contributed by atoms with van der Waals surface area (Å²) < 4.78 is 0. The van der Waals surface area contributed by atoms with Crippen molar-refractivity contribution >= 4 is 17.5 Å². The zero-order valence-corrected chi connectivity index (χ0v) is 14.9. The van der Waals surface area contributed by atoms with Crippen LogP contribution < -0.4 is 5.73 Å². The van der Waals surface area contributed by atoms with Gasteiger partial charge in [0, 0.05) is 13.0 Å². The van der Waals surface area contributed by atoms with E-state index in [0.29, 0.717) is 12.0 Å². The number of aliphatic hydroxyl groups excluding tert-OH is 2. The highest BCUT2D eigenvalue weighted by Gasteiger charge is 2.44. The molecule has 0 fully saturated rings. The first-order chi connectivity index (χ1) is 12.7. The van der Waals surface area contributed by atoms with Gasteiger partial charge in [0.25, 0.3) is 0 Å². The molecule has 0 radical (unpaired) electrons. The fourth-order valence-electron chi connectivity index (χ4n) is 3.86. The molecule has 3 atom stereocenters. The van der Waals surface area contributed by atoms with Crippen LogP contribution in [0.2, 0.25) is 0 Å². The summed E-state index contributed by atoms with van der Waals surface area (Å²) in [5.41, 5.74) is 3.76. The van der Waals surface area contributed by atoms with E-state index in [9.17, 15) is 34.8 Å². The van der Waals surface area contributed by atoms with E-state index < -0.39 is 36.2 Å². The molecule has 0 aliphatic heterocycles. The molecule has 0 aromatic heterocycles. The van der Waals surface area contributed by atoms with Crippen molar-refractivity contribution in [3.05, 3.63) is 29.3 Å². The Labute approximate surface area is 156 Å². The number of primary amides is 1. The summed E-state index contributed by atoms with van der Waals surface area (Å²) in [4.78, 5) is 35.7. The molecule has 1 amide bonds. The largest absolute Gasteiger partial charge is 0.507 e. The maximum absolute atomic E-state index is 12.4. The van der Waals surface area contributed by atoms with Crippen molar-refractivity contribution < 1.29 is 34.8 Å². The van der Waals surface area contributed by atoms with Crippen LogP contribution in [0.4, 0.5) is 0 Å². The highest BCUT2D eigenvalue weighted by molar-refractivity contribution is 6.02. The van der Waals surface area contributed by atoms with Crippen molar-refractivity contribution in [3.63, 3.8) is 0 Å². The van der Waals surface area contributed by atoms with Gasteiger partial charge in [0.2, 0.25) is 5.91 Å². The lowest BCUT2D eigenvalue weighted by molar-refractivity contribution is -0.153. The average Bonchev–Trinajstić information content (AvgIpc) is 2.59. The molecule has 2 unspecified atom stereocenters. The van der Waals surface area contributed by atoms with Crippen LogP contribution in [-0.4, -0.2) is 56.7 Å². The van der Waals surface area contributed by atoms with Gasteiger partial charge in [-0.25, -0.2) is 0 Å². The Morgan fingerprint density at radius 2 is 1.96 bits per heavy atom. The number of amides is 1. The number of hydrogen-bond donors (Lipinski definition) is 5. The van der Waals surface area contributed by atoms with E-state index in [1.165, 1.54) is 6.07 Å². The van der Waals surface area contributed by atoms with E-state index in [1.54, 1.807) is 12.1 Å². The second-order valence-corrected chi connectivity index (χ2v) is 7.10. The summed E-state index contributed by atoms with van der Waals surface area (Å²) in [6.07, 6.45) is 0.0301. The van der Waals surface area contributed by atoms with Gasteiger partial charge in [0.1, 0.15) is 11.4 Å². The van der Waals surface area contributed by atoms with Crippen molar-refractivity contribution in [2.45, 2.75) is 37.7 Å². The fraction of sp³-hybridized carbons (Fsp3) is 0.526. The third-order valence-corrected chi connectivity index (χ3v) is 5.22. The van der Waals surface area contributed by atoms with E-state index in [-0.39, 0.29) is 48.9 Å². The molecule has 6 N–H and O–H groups in total. The van der Waals surface area contributed by atoms with E-state index >= 15 is 0 Å². The Bertz CT molecular complexity index is 733. The lowest BCUT2D eigenvalue weighted by atomic mass is 9.72. The summed E-state index contributed by atoms with van der Waals surface area (Å²) in [6, 6.07) is 4.81. The highest BCUT2D eigenvalue weighted by atomic mass is 16.3. The molecule has 8 nitrogen and oxygen atoms in total. The van der Waals surface area contributed by atoms with Crippen LogP contribution in [-0.2, 0) is 16.0 Å². The molecule has 1 aromatic rings. The number of phenols is 1. The van der Waals surface area contributed by atoms with Gasteiger partial charge < -0.3 is 26.2 Å². The number of ketones is 2. The number of hydrogen-bond acceptors (Lipinski definition) is 7. The second-order valence-electron chi connectivity index (χ2n) is 7.10. The smallest absolute Gasteiger partial charge is 0.224 e. The number of aliphatic hydroxyl groups is 3. The Hall–Kier alpha value is -2.29. The predicted octanol–water partition coefficient (Wildman–Crippen LogP) is -0.306. The molecular formula is C19H25NO7. The lowest BCUT2D eigenvalue weighted by Crippen LogP contribution is -2.51. The number of aromatic hydroxyl groups is 1. The SMILES string of the molecule is NC(=O)CC(=O)[C@@](O)(CO)C(CCO)CC1CC(=O)c2c(O)cccc2C1. The van der Waals surface area contributed by atoms with Gasteiger partial charge in [-0.15, -0.1) is 0 Å². The summed E-state index contributed by atoms with van der Waals surface area (Å²) in [7, 11) is 0. The second kappa shape index (κ2) is 8.60. The normalized spacial score (nSPS) is 19.8. The van der Waals surface area contributed by atoms with Gasteiger partial charge in [0.15, 0.2) is 11.6 Å². The van der Waals surface area contributed by atoms with E-state index in [1.807, 2.05) is 0 Å². The molecule has 27 heavy (non-hydrogen) atoms. The zero-order valence-electron chi connectivity index (χ0n) is 14.9. The summed E-state index contributed by atoms with van der Waals surface area (Å²) in [5, 5.41) is 39.6. The molecule has 0 saturated heterocycles. The number of Topliss-reactive ketones (excluding diaryl/α,β-unsaturated/α-hetero) is 2. The van der Waals surface area contributed by atoms with E-state index in [4.69, 9.17) is 5.73 Å². The van der Waals surface area contributed by atoms with E-state index in [2.05, 4.69) is 0 Å². The third kappa shape index (κ3) is 4.52. The number of carbonyl (C=O) groups excluding carboxylic acids is 3. The van der Waals surface area contributed by atoms with Gasteiger partial charge in [-0.05, 0) is 42.7 Å². The van der Waals surface area contributed by atoms with E-state index in [0.717, 1.165) is 0 Å². The maximum atomic E-state index is 12.4. The Balaban J connectivity index is 2.24. The average molecular weight is 379 g/mol. The van der Waals surface area contributed by atoms with Crippen LogP contribution in [0.25, 0.3) is 0 Å². The topological polar surface area (TPSA) is 158 Å². The lowest BCUT2D eigenvalue weighted by Gasteiger charge is -2.36. The summed E-state index contributed by atoms with van der Waals surface area (Å²) in [5.74, 6) is -3.24. The maximum Gasteiger partial charge on any atom is 0.224 e. The first-order valence-corrected chi connectivity index (χ1v) is 8.82. The monoisotopic (exact) mass is 379 g/mol. The minimum atomic E-state index is -2.22. The molecule has 0 bridgehead atoms.